The zero-order valence-electron chi connectivity index (χ0n) is 16.3. The minimum atomic E-state index is -0.588. The first-order valence-electron chi connectivity index (χ1n) is 9.76. The van der Waals surface area contributed by atoms with Gasteiger partial charge in [0.15, 0.2) is 5.96 Å². The number of guanidine groups is 1. The van der Waals surface area contributed by atoms with Crippen molar-refractivity contribution in [2.75, 3.05) is 13.1 Å². The topological polar surface area (TPSA) is 69.5 Å². The molecule has 1 atom stereocenters. The summed E-state index contributed by atoms with van der Waals surface area (Å²) in [6.07, 6.45) is 1.22. The van der Waals surface area contributed by atoms with Gasteiger partial charge in [0.2, 0.25) is 0 Å². The molecule has 2 aromatic heterocycles. The van der Waals surface area contributed by atoms with Gasteiger partial charge in [0.25, 0.3) is 0 Å². The second kappa shape index (κ2) is 9.03. The standard InChI is InChI=1S/C23H24N4OS/c1-2-24-23(26-14-18-9-5-8-16-10-6-12-25-22(16)18)27-15-19(28)21-13-17-7-3-4-11-20(17)29-21/h3-13,19,28H,2,14-15H2,1H3,(H2,24,26,27). The van der Waals surface area contributed by atoms with E-state index in [0.29, 0.717) is 19.0 Å². The molecule has 0 amide bonds. The van der Waals surface area contributed by atoms with E-state index in [9.17, 15) is 5.11 Å². The van der Waals surface area contributed by atoms with Crippen LogP contribution in [-0.2, 0) is 6.54 Å². The van der Waals surface area contributed by atoms with Crippen LogP contribution in [0.15, 0.2) is 71.9 Å². The number of aliphatic imine (C=N–C) groups is 1. The average Bonchev–Trinajstić information content (AvgIpc) is 3.20. The van der Waals surface area contributed by atoms with Gasteiger partial charge in [0, 0.05) is 34.2 Å². The molecule has 29 heavy (non-hydrogen) atoms. The highest BCUT2D eigenvalue weighted by Gasteiger charge is 2.12. The van der Waals surface area contributed by atoms with Gasteiger partial charge in [-0.2, -0.15) is 0 Å². The Hall–Kier alpha value is -2.96. The van der Waals surface area contributed by atoms with Crippen LogP contribution in [0.2, 0.25) is 0 Å². The highest BCUT2D eigenvalue weighted by molar-refractivity contribution is 7.19. The van der Waals surface area contributed by atoms with E-state index in [2.05, 4.69) is 57.0 Å². The number of aliphatic hydroxyl groups is 1. The number of hydrogen-bond donors (Lipinski definition) is 3. The molecule has 0 bridgehead atoms. The third kappa shape index (κ3) is 4.55. The molecule has 3 N–H and O–H groups in total. The predicted octanol–water partition coefficient (Wildman–Crippen LogP) is 4.24. The van der Waals surface area contributed by atoms with Crippen LogP contribution in [-0.4, -0.2) is 29.1 Å². The Morgan fingerprint density at radius 3 is 2.76 bits per heavy atom. The van der Waals surface area contributed by atoms with Crippen molar-refractivity contribution in [1.29, 1.82) is 0 Å². The largest absolute Gasteiger partial charge is 0.386 e. The molecule has 4 aromatic rings. The molecular weight excluding hydrogens is 380 g/mol. The Kier molecular flexibility index (Phi) is 6.03. The molecule has 0 spiro atoms. The summed E-state index contributed by atoms with van der Waals surface area (Å²) in [6.45, 7) is 3.69. The number of aromatic nitrogens is 1. The van der Waals surface area contributed by atoms with Crippen molar-refractivity contribution in [2.45, 2.75) is 19.6 Å². The number of thiophene rings is 1. The molecule has 4 rings (SSSR count). The summed E-state index contributed by atoms with van der Waals surface area (Å²) in [5.74, 6) is 0.681. The summed E-state index contributed by atoms with van der Waals surface area (Å²) in [7, 11) is 0. The molecule has 0 saturated carbocycles. The number of hydrogen-bond acceptors (Lipinski definition) is 4. The molecule has 6 heteroatoms. The van der Waals surface area contributed by atoms with E-state index in [0.717, 1.165) is 33.3 Å². The summed E-state index contributed by atoms with van der Waals surface area (Å²) < 4.78 is 1.19. The minimum absolute atomic E-state index is 0.395. The number of rotatable bonds is 6. The van der Waals surface area contributed by atoms with E-state index < -0.39 is 6.10 Å². The smallest absolute Gasteiger partial charge is 0.191 e. The molecule has 148 valence electrons. The fourth-order valence-corrected chi connectivity index (χ4v) is 4.31. The Balaban J connectivity index is 1.45. The molecule has 0 aliphatic rings. The maximum Gasteiger partial charge on any atom is 0.191 e. The quantitative estimate of drug-likeness (QED) is 0.332. The van der Waals surface area contributed by atoms with Crippen molar-refractivity contribution in [1.82, 2.24) is 15.6 Å². The molecule has 0 aliphatic carbocycles. The van der Waals surface area contributed by atoms with Crippen LogP contribution in [0.25, 0.3) is 21.0 Å². The van der Waals surface area contributed by atoms with Crippen molar-refractivity contribution >= 4 is 38.3 Å². The lowest BCUT2D eigenvalue weighted by atomic mass is 10.1. The van der Waals surface area contributed by atoms with Crippen molar-refractivity contribution in [3.63, 3.8) is 0 Å². The fraction of sp³-hybridized carbons (Fsp3) is 0.217. The maximum atomic E-state index is 10.6. The first-order chi connectivity index (χ1) is 14.2. The third-order valence-electron chi connectivity index (χ3n) is 4.70. The molecule has 2 aromatic carbocycles. The van der Waals surface area contributed by atoms with E-state index in [1.165, 1.54) is 4.70 Å². The number of nitrogens with one attached hydrogen (secondary N) is 2. The SMILES string of the molecule is CCNC(=NCc1cccc2cccnc12)NCC(O)c1cc2ccccc2s1. The van der Waals surface area contributed by atoms with Crippen LogP contribution >= 0.6 is 11.3 Å². The number of nitrogens with zero attached hydrogens (tertiary/aromatic N) is 2. The van der Waals surface area contributed by atoms with Crippen molar-refractivity contribution in [2.24, 2.45) is 4.99 Å². The first-order valence-corrected chi connectivity index (χ1v) is 10.6. The van der Waals surface area contributed by atoms with Gasteiger partial charge in [-0.1, -0.05) is 42.5 Å². The van der Waals surface area contributed by atoms with E-state index in [1.54, 1.807) is 17.5 Å². The van der Waals surface area contributed by atoms with Gasteiger partial charge in [-0.3, -0.25) is 4.98 Å². The summed E-state index contributed by atoms with van der Waals surface area (Å²) in [4.78, 5) is 10.1. The van der Waals surface area contributed by atoms with Crippen LogP contribution < -0.4 is 10.6 Å². The van der Waals surface area contributed by atoms with Gasteiger partial charge in [-0.15, -0.1) is 11.3 Å². The highest BCUT2D eigenvalue weighted by atomic mass is 32.1. The molecular formula is C23H24N4OS. The molecule has 5 nitrogen and oxygen atoms in total. The van der Waals surface area contributed by atoms with Crippen LogP contribution in [0.4, 0.5) is 0 Å². The number of pyridine rings is 1. The summed E-state index contributed by atoms with van der Waals surface area (Å²) in [5, 5.41) is 19.4. The molecule has 2 heterocycles. The van der Waals surface area contributed by atoms with E-state index in [4.69, 9.17) is 0 Å². The zero-order valence-corrected chi connectivity index (χ0v) is 17.1. The second-order valence-corrected chi connectivity index (χ2v) is 7.89. The number of fused-ring (bicyclic) bond motifs is 2. The Morgan fingerprint density at radius 2 is 1.90 bits per heavy atom. The minimum Gasteiger partial charge on any atom is -0.386 e. The Labute approximate surface area is 174 Å². The summed E-state index contributed by atoms with van der Waals surface area (Å²) in [5.41, 5.74) is 2.05. The number of para-hydroxylation sites is 1. The van der Waals surface area contributed by atoms with Gasteiger partial charge < -0.3 is 15.7 Å². The normalized spacial score (nSPS) is 13.0. The van der Waals surface area contributed by atoms with Gasteiger partial charge in [0.05, 0.1) is 12.1 Å². The predicted molar refractivity (Wildman–Crippen MR) is 121 cm³/mol. The first kappa shape index (κ1) is 19.4. The molecule has 1 unspecified atom stereocenters. The number of aliphatic hydroxyl groups excluding tert-OH is 1. The Bertz CT molecular complexity index is 1100. The van der Waals surface area contributed by atoms with Crippen molar-refractivity contribution in [3.05, 3.63) is 77.3 Å². The summed E-state index contributed by atoms with van der Waals surface area (Å²) >= 11 is 1.62. The van der Waals surface area contributed by atoms with Crippen molar-refractivity contribution in [3.8, 4) is 0 Å². The van der Waals surface area contributed by atoms with E-state index >= 15 is 0 Å². The Morgan fingerprint density at radius 1 is 1.07 bits per heavy atom. The van der Waals surface area contributed by atoms with Crippen molar-refractivity contribution < 1.29 is 5.11 Å². The van der Waals surface area contributed by atoms with E-state index in [1.807, 2.05) is 31.2 Å². The summed E-state index contributed by atoms with van der Waals surface area (Å²) in [6, 6.07) is 20.4. The highest BCUT2D eigenvalue weighted by Crippen LogP contribution is 2.29. The van der Waals surface area contributed by atoms with E-state index in [-0.39, 0.29) is 0 Å². The third-order valence-corrected chi connectivity index (χ3v) is 5.92. The molecule has 0 saturated heterocycles. The maximum absolute atomic E-state index is 10.6. The van der Waals surface area contributed by atoms with Crippen LogP contribution in [0.5, 0.6) is 0 Å². The molecule has 0 radical (unpaired) electrons. The monoisotopic (exact) mass is 404 g/mol. The second-order valence-electron chi connectivity index (χ2n) is 6.77. The van der Waals surface area contributed by atoms with Gasteiger partial charge in [-0.25, -0.2) is 4.99 Å². The molecule has 0 fully saturated rings. The number of benzene rings is 2. The lowest BCUT2D eigenvalue weighted by molar-refractivity contribution is 0.184. The lowest BCUT2D eigenvalue weighted by Gasteiger charge is -2.14. The van der Waals surface area contributed by atoms with Gasteiger partial charge in [-0.05, 0) is 36.1 Å². The fourth-order valence-electron chi connectivity index (χ4n) is 3.26. The average molecular weight is 405 g/mol. The van der Waals surface area contributed by atoms with Gasteiger partial charge in [0.1, 0.15) is 6.10 Å². The van der Waals surface area contributed by atoms with Crippen LogP contribution in [0.3, 0.4) is 0 Å². The zero-order chi connectivity index (χ0) is 20.1. The van der Waals surface area contributed by atoms with Crippen LogP contribution in [0, 0.1) is 0 Å². The van der Waals surface area contributed by atoms with Gasteiger partial charge >= 0.3 is 0 Å². The van der Waals surface area contributed by atoms with Crippen LogP contribution in [0.1, 0.15) is 23.5 Å². The lowest BCUT2D eigenvalue weighted by Crippen LogP contribution is -2.39. The molecule has 0 aliphatic heterocycles.